The van der Waals surface area contributed by atoms with Crippen LogP contribution in [0.3, 0.4) is 0 Å². The molecule has 5 heteroatoms. The van der Waals surface area contributed by atoms with Crippen molar-refractivity contribution in [3.63, 3.8) is 0 Å². The van der Waals surface area contributed by atoms with E-state index >= 15 is 0 Å². The van der Waals surface area contributed by atoms with Crippen molar-refractivity contribution in [2.75, 3.05) is 13.1 Å². The number of rotatable bonds is 21. The molecule has 1 aromatic carbocycles. The monoisotopic (exact) mass is 460 g/mol. The molecular formula is C28H48N2O3. The lowest BCUT2D eigenvalue weighted by Crippen LogP contribution is -2.39. The Kier molecular flexibility index (Phi) is 18.1. The van der Waals surface area contributed by atoms with Crippen molar-refractivity contribution in [3.05, 3.63) is 29.8 Å². The highest BCUT2D eigenvalue weighted by Gasteiger charge is 2.06. The second-order valence-corrected chi connectivity index (χ2v) is 9.29. The summed E-state index contributed by atoms with van der Waals surface area (Å²) in [5.74, 6) is 0.121. The third-order valence-corrected chi connectivity index (χ3v) is 6.10. The van der Waals surface area contributed by atoms with Gasteiger partial charge in [-0.1, -0.05) is 115 Å². The molecule has 0 radical (unpaired) electrons. The number of carbonyl (C=O) groups is 2. The second-order valence-electron chi connectivity index (χ2n) is 9.29. The predicted molar refractivity (Wildman–Crippen MR) is 138 cm³/mol. The van der Waals surface area contributed by atoms with E-state index in [4.69, 9.17) is 0 Å². The van der Waals surface area contributed by atoms with Crippen LogP contribution in [-0.4, -0.2) is 30.0 Å². The van der Waals surface area contributed by atoms with Crippen LogP contribution in [0.25, 0.3) is 0 Å². The Labute approximate surface area is 202 Å². The normalized spacial score (nSPS) is 10.8. The first-order valence-electron chi connectivity index (χ1n) is 13.4. The highest BCUT2D eigenvalue weighted by Crippen LogP contribution is 2.13. The summed E-state index contributed by atoms with van der Waals surface area (Å²) in [7, 11) is 0. The summed E-state index contributed by atoms with van der Waals surface area (Å²) >= 11 is 0. The van der Waals surface area contributed by atoms with Gasteiger partial charge in [0.2, 0.25) is 0 Å². The number of unbranched alkanes of at least 4 members (excludes halogenated alkanes) is 15. The zero-order valence-corrected chi connectivity index (χ0v) is 21.0. The third kappa shape index (κ3) is 18.1. The summed E-state index contributed by atoms with van der Waals surface area (Å²) in [5, 5.41) is 14.7. The average Bonchev–Trinajstić information content (AvgIpc) is 2.81. The molecule has 0 atom stereocenters. The van der Waals surface area contributed by atoms with Crippen LogP contribution < -0.4 is 10.6 Å². The van der Waals surface area contributed by atoms with E-state index in [0.717, 1.165) is 18.4 Å². The fourth-order valence-electron chi connectivity index (χ4n) is 4.02. The van der Waals surface area contributed by atoms with Gasteiger partial charge < -0.3 is 15.7 Å². The zero-order valence-electron chi connectivity index (χ0n) is 21.0. The molecule has 5 nitrogen and oxygen atoms in total. The maximum absolute atomic E-state index is 11.9. The number of hydrogen-bond acceptors (Lipinski definition) is 3. The lowest BCUT2D eigenvalue weighted by Gasteiger charge is -2.07. The Morgan fingerprint density at radius 1 is 0.667 bits per heavy atom. The van der Waals surface area contributed by atoms with Crippen molar-refractivity contribution < 1.29 is 14.7 Å². The highest BCUT2D eigenvalue weighted by molar-refractivity contribution is 5.86. The minimum atomic E-state index is -0.282. The molecule has 2 amide bonds. The quantitative estimate of drug-likeness (QED) is 0.172. The van der Waals surface area contributed by atoms with Gasteiger partial charge in [0.15, 0.2) is 5.78 Å². The molecule has 0 heterocycles. The topological polar surface area (TPSA) is 78.4 Å². The number of benzene rings is 1. The fraction of sp³-hybridized carbons (Fsp3) is 0.714. The number of nitrogens with one attached hydrogen (secondary N) is 2. The third-order valence-electron chi connectivity index (χ3n) is 6.10. The molecule has 0 saturated carbocycles. The van der Waals surface area contributed by atoms with Crippen molar-refractivity contribution in [1.82, 2.24) is 10.6 Å². The summed E-state index contributed by atoms with van der Waals surface area (Å²) in [6, 6.07) is 6.26. The summed E-state index contributed by atoms with van der Waals surface area (Å²) in [5.41, 5.74) is 0.827. The van der Waals surface area contributed by atoms with E-state index in [1.165, 1.54) is 89.9 Å². The molecule has 0 aliphatic rings. The molecule has 0 unspecified atom stereocenters. The van der Waals surface area contributed by atoms with Crippen LogP contribution in [0.4, 0.5) is 4.79 Å². The standard InChI is InChI=1S/C28H48N2O3/c1-2-3-4-5-6-7-8-9-10-11-12-13-14-15-16-17-22-29-28(33)30-24-27(32)23-25-18-20-26(31)21-19-25/h18-21,31H,2-17,22-24H2,1H3,(H2,29,30,33). The number of amides is 2. The molecule has 1 aromatic rings. The van der Waals surface area contributed by atoms with Gasteiger partial charge in [0, 0.05) is 13.0 Å². The van der Waals surface area contributed by atoms with Gasteiger partial charge in [0.25, 0.3) is 0 Å². The van der Waals surface area contributed by atoms with Crippen molar-refractivity contribution in [2.24, 2.45) is 0 Å². The van der Waals surface area contributed by atoms with Gasteiger partial charge in [-0.15, -0.1) is 0 Å². The molecule has 0 bridgehead atoms. The number of Topliss-reactive ketones (excluding diaryl/α,β-unsaturated/α-hetero) is 1. The van der Waals surface area contributed by atoms with E-state index in [9.17, 15) is 14.7 Å². The van der Waals surface area contributed by atoms with Gasteiger partial charge in [0.1, 0.15) is 5.75 Å². The highest BCUT2D eigenvalue weighted by atomic mass is 16.3. The van der Waals surface area contributed by atoms with Gasteiger partial charge in [0.05, 0.1) is 6.54 Å². The number of phenols is 1. The van der Waals surface area contributed by atoms with Crippen LogP contribution >= 0.6 is 0 Å². The van der Waals surface area contributed by atoms with E-state index in [1.54, 1.807) is 24.3 Å². The van der Waals surface area contributed by atoms with Crippen molar-refractivity contribution >= 4 is 11.8 Å². The fourth-order valence-corrected chi connectivity index (χ4v) is 4.02. The minimum absolute atomic E-state index is 0.0195. The second kappa shape index (κ2) is 20.6. The number of aromatic hydroxyl groups is 1. The zero-order chi connectivity index (χ0) is 24.0. The van der Waals surface area contributed by atoms with Crippen LogP contribution in [0.1, 0.15) is 115 Å². The van der Waals surface area contributed by atoms with Gasteiger partial charge >= 0.3 is 6.03 Å². The number of carbonyl (C=O) groups excluding carboxylic acids is 2. The average molecular weight is 461 g/mol. The van der Waals surface area contributed by atoms with Gasteiger partial charge in [-0.25, -0.2) is 4.79 Å². The summed E-state index contributed by atoms with van der Waals surface area (Å²) in [6.07, 6.45) is 21.6. The van der Waals surface area contributed by atoms with Crippen molar-refractivity contribution in [3.8, 4) is 5.75 Å². The van der Waals surface area contributed by atoms with Gasteiger partial charge in [-0.05, 0) is 24.1 Å². The lowest BCUT2D eigenvalue weighted by atomic mass is 10.0. The first kappa shape index (κ1) is 29.0. The predicted octanol–water partition coefficient (Wildman–Crippen LogP) is 7.06. The first-order chi connectivity index (χ1) is 16.1. The minimum Gasteiger partial charge on any atom is -0.508 e. The molecule has 0 spiro atoms. The summed E-state index contributed by atoms with van der Waals surface area (Å²) < 4.78 is 0. The smallest absolute Gasteiger partial charge is 0.315 e. The van der Waals surface area contributed by atoms with E-state index in [0.29, 0.717) is 6.54 Å². The van der Waals surface area contributed by atoms with Crippen LogP contribution in [-0.2, 0) is 11.2 Å². The van der Waals surface area contributed by atoms with E-state index in [1.807, 2.05) is 0 Å². The van der Waals surface area contributed by atoms with E-state index < -0.39 is 0 Å². The molecule has 3 N–H and O–H groups in total. The molecule has 0 fully saturated rings. The Morgan fingerprint density at radius 2 is 1.12 bits per heavy atom. The van der Waals surface area contributed by atoms with Gasteiger partial charge in [-0.3, -0.25) is 4.79 Å². The van der Waals surface area contributed by atoms with Crippen LogP contribution in [0.2, 0.25) is 0 Å². The largest absolute Gasteiger partial charge is 0.508 e. The number of hydrogen-bond donors (Lipinski definition) is 3. The van der Waals surface area contributed by atoms with E-state index in [-0.39, 0.29) is 30.5 Å². The number of phenolic OH excluding ortho intramolecular Hbond substituents is 1. The van der Waals surface area contributed by atoms with Crippen molar-refractivity contribution in [2.45, 2.75) is 116 Å². The Morgan fingerprint density at radius 3 is 1.61 bits per heavy atom. The maximum Gasteiger partial charge on any atom is 0.315 e. The van der Waals surface area contributed by atoms with Crippen LogP contribution in [0.15, 0.2) is 24.3 Å². The Balaban J connectivity index is 1.81. The molecule has 0 aromatic heterocycles. The summed E-state index contributed by atoms with van der Waals surface area (Å²) in [6.45, 7) is 2.94. The molecule has 0 aliphatic heterocycles. The molecule has 0 saturated heterocycles. The van der Waals surface area contributed by atoms with E-state index in [2.05, 4.69) is 17.6 Å². The molecule has 1 rings (SSSR count). The maximum atomic E-state index is 11.9. The molecule has 33 heavy (non-hydrogen) atoms. The SMILES string of the molecule is CCCCCCCCCCCCCCCCCCNC(=O)NCC(=O)Cc1ccc(O)cc1. The number of ketones is 1. The lowest BCUT2D eigenvalue weighted by molar-refractivity contribution is -0.117. The summed E-state index contributed by atoms with van der Waals surface area (Å²) in [4.78, 5) is 23.7. The first-order valence-corrected chi connectivity index (χ1v) is 13.4. The number of urea groups is 1. The van der Waals surface area contributed by atoms with Crippen LogP contribution in [0.5, 0.6) is 5.75 Å². The Bertz CT molecular complexity index is 616. The van der Waals surface area contributed by atoms with Crippen LogP contribution in [0, 0.1) is 0 Å². The molecular weight excluding hydrogens is 412 g/mol. The van der Waals surface area contributed by atoms with Gasteiger partial charge in [-0.2, -0.15) is 0 Å². The molecule has 188 valence electrons. The Hall–Kier alpha value is -2.04. The van der Waals surface area contributed by atoms with Crippen molar-refractivity contribution in [1.29, 1.82) is 0 Å². The molecule has 0 aliphatic carbocycles.